The molecule has 1 heterocycles. The third-order valence-electron chi connectivity index (χ3n) is 6.87. The topological polar surface area (TPSA) is 60.1 Å². The van der Waals surface area contributed by atoms with Crippen LogP contribution in [0.25, 0.3) is 0 Å². The van der Waals surface area contributed by atoms with Gasteiger partial charge in [0.05, 0.1) is 0 Å². The largest absolute Gasteiger partial charge is 0.315 e. The molecule has 4 atom stereocenters. The lowest BCUT2D eigenvalue weighted by Crippen LogP contribution is -2.54. The van der Waals surface area contributed by atoms with Crippen molar-refractivity contribution in [1.82, 2.24) is 26.6 Å². The highest BCUT2D eigenvalue weighted by Gasteiger charge is 2.25. The number of hydrogen-bond acceptors (Lipinski definition) is 5. The first-order chi connectivity index (χ1) is 13.4. The lowest BCUT2D eigenvalue weighted by atomic mass is 9.90. The highest BCUT2D eigenvalue weighted by atomic mass is 15.1. The maximum absolute atomic E-state index is 3.93. The van der Waals surface area contributed by atoms with E-state index < -0.39 is 0 Å². The van der Waals surface area contributed by atoms with E-state index in [1.165, 1.54) is 77.0 Å². The molecule has 0 radical (unpaired) electrons. The van der Waals surface area contributed by atoms with Crippen molar-refractivity contribution in [1.29, 1.82) is 0 Å². The van der Waals surface area contributed by atoms with Gasteiger partial charge in [-0.1, -0.05) is 44.9 Å². The van der Waals surface area contributed by atoms with E-state index in [1.807, 2.05) is 0 Å². The maximum Gasteiger partial charge on any atom is 0.0221 e. The summed E-state index contributed by atoms with van der Waals surface area (Å²) in [7, 11) is 0. The Morgan fingerprint density at radius 3 is 1.30 bits per heavy atom. The molecular weight excluding hydrogens is 334 g/mol. The van der Waals surface area contributed by atoms with Gasteiger partial charge in [0, 0.05) is 50.3 Å². The summed E-state index contributed by atoms with van der Waals surface area (Å²) in [5.74, 6) is 0. The molecule has 0 aromatic rings. The molecular formula is C22H45N5. The minimum atomic E-state index is 0.644. The SMILES string of the molecule is C1CCCC2NCCCNCCNC3CCCCC3NCCNC2CCC1. The molecule has 3 aliphatic rings. The molecule has 1 aliphatic heterocycles. The smallest absolute Gasteiger partial charge is 0.0221 e. The zero-order valence-corrected chi connectivity index (χ0v) is 17.5. The summed E-state index contributed by atoms with van der Waals surface area (Å²) in [6, 6.07) is 2.61. The highest BCUT2D eigenvalue weighted by Crippen LogP contribution is 2.19. The van der Waals surface area contributed by atoms with Crippen molar-refractivity contribution in [2.24, 2.45) is 0 Å². The van der Waals surface area contributed by atoms with E-state index in [-0.39, 0.29) is 0 Å². The van der Waals surface area contributed by atoms with Gasteiger partial charge in [-0.2, -0.15) is 0 Å². The molecule has 0 aromatic carbocycles. The van der Waals surface area contributed by atoms with Crippen LogP contribution in [-0.4, -0.2) is 63.4 Å². The van der Waals surface area contributed by atoms with Crippen molar-refractivity contribution >= 4 is 0 Å². The molecule has 3 rings (SSSR count). The summed E-state index contributed by atoms with van der Waals surface area (Å²) < 4.78 is 0. The minimum absolute atomic E-state index is 0.644. The molecule has 4 unspecified atom stereocenters. The van der Waals surface area contributed by atoms with Crippen LogP contribution in [0.15, 0.2) is 0 Å². The first-order valence-electron chi connectivity index (χ1n) is 12.1. The zero-order chi connectivity index (χ0) is 18.6. The molecule has 0 aromatic heterocycles. The van der Waals surface area contributed by atoms with E-state index in [9.17, 15) is 0 Å². The normalized spacial score (nSPS) is 36.4. The van der Waals surface area contributed by atoms with Crippen LogP contribution in [0.2, 0.25) is 0 Å². The summed E-state index contributed by atoms with van der Waals surface area (Å²) in [6.45, 7) is 6.67. The number of nitrogens with one attached hydrogen (secondary N) is 5. The molecule has 27 heavy (non-hydrogen) atoms. The van der Waals surface area contributed by atoms with Crippen LogP contribution in [0.3, 0.4) is 0 Å². The van der Waals surface area contributed by atoms with Crippen molar-refractivity contribution in [3.8, 4) is 0 Å². The predicted octanol–water partition coefficient (Wildman–Crippen LogP) is 2.13. The fourth-order valence-corrected chi connectivity index (χ4v) is 5.26. The van der Waals surface area contributed by atoms with E-state index in [0.29, 0.717) is 24.2 Å². The van der Waals surface area contributed by atoms with Gasteiger partial charge in [-0.15, -0.1) is 0 Å². The average molecular weight is 380 g/mol. The van der Waals surface area contributed by atoms with Crippen LogP contribution in [0, 0.1) is 0 Å². The van der Waals surface area contributed by atoms with Gasteiger partial charge in [0.2, 0.25) is 0 Å². The number of hydrogen-bond donors (Lipinski definition) is 5. The van der Waals surface area contributed by atoms with Crippen LogP contribution in [0.4, 0.5) is 0 Å². The van der Waals surface area contributed by atoms with Crippen LogP contribution in [-0.2, 0) is 0 Å². The van der Waals surface area contributed by atoms with E-state index in [2.05, 4.69) is 26.6 Å². The van der Waals surface area contributed by atoms with Gasteiger partial charge >= 0.3 is 0 Å². The molecule has 5 heteroatoms. The molecule has 1 saturated heterocycles. The highest BCUT2D eigenvalue weighted by molar-refractivity contribution is 4.88. The molecule has 0 amide bonds. The minimum Gasteiger partial charge on any atom is -0.315 e. The Labute approximate surface area is 167 Å². The van der Waals surface area contributed by atoms with Gasteiger partial charge in [0.1, 0.15) is 0 Å². The fourth-order valence-electron chi connectivity index (χ4n) is 5.26. The van der Waals surface area contributed by atoms with Crippen molar-refractivity contribution in [3.63, 3.8) is 0 Å². The van der Waals surface area contributed by atoms with Crippen LogP contribution in [0.1, 0.15) is 77.0 Å². The zero-order valence-electron chi connectivity index (χ0n) is 17.5. The number of rotatable bonds is 0. The molecule has 3 fully saturated rings. The van der Waals surface area contributed by atoms with Gasteiger partial charge in [-0.25, -0.2) is 0 Å². The third kappa shape index (κ3) is 7.98. The third-order valence-corrected chi connectivity index (χ3v) is 6.87. The molecule has 158 valence electrons. The molecule has 5 N–H and O–H groups in total. The fraction of sp³-hybridized carbons (Fsp3) is 1.00. The van der Waals surface area contributed by atoms with Crippen molar-refractivity contribution in [2.45, 2.75) is 101 Å². The van der Waals surface area contributed by atoms with Crippen molar-refractivity contribution < 1.29 is 0 Å². The first kappa shape index (κ1) is 21.5. The first-order valence-corrected chi connectivity index (χ1v) is 12.1. The molecule has 5 nitrogen and oxygen atoms in total. The Bertz CT molecular complexity index is 378. The average Bonchev–Trinajstić information content (AvgIpc) is 2.80. The van der Waals surface area contributed by atoms with Crippen molar-refractivity contribution in [3.05, 3.63) is 0 Å². The lowest BCUT2D eigenvalue weighted by Gasteiger charge is -2.34. The van der Waals surface area contributed by atoms with Crippen LogP contribution < -0.4 is 26.6 Å². The molecule has 0 bridgehead atoms. The predicted molar refractivity (Wildman–Crippen MR) is 115 cm³/mol. The van der Waals surface area contributed by atoms with E-state index >= 15 is 0 Å². The van der Waals surface area contributed by atoms with Gasteiger partial charge < -0.3 is 26.6 Å². The summed E-state index contributed by atoms with van der Waals surface area (Å²) in [5.41, 5.74) is 0. The summed E-state index contributed by atoms with van der Waals surface area (Å²) in [5, 5.41) is 19.2. The molecule has 0 spiro atoms. The summed E-state index contributed by atoms with van der Waals surface area (Å²) >= 11 is 0. The van der Waals surface area contributed by atoms with Gasteiger partial charge in [-0.3, -0.25) is 0 Å². The Morgan fingerprint density at radius 2 is 0.741 bits per heavy atom. The van der Waals surface area contributed by atoms with E-state index in [1.54, 1.807) is 0 Å². The quantitative estimate of drug-likeness (QED) is 0.446. The number of fused-ring (bicyclic) bond motifs is 2. The second-order valence-electron chi connectivity index (χ2n) is 8.98. The second kappa shape index (κ2) is 13.1. The van der Waals surface area contributed by atoms with Gasteiger partial charge in [0.15, 0.2) is 0 Å². The van der Waals surface area contributed by atoms with Crippen molar-refractivity contribution in [2.75, 3.05) is 39.3 Å². The lowest BCUT2D eigenvalue weighted by molar-refractivity contribution is 0.276. The molecule has 2 aliphatic carbocycles. The Hall–Kier alpha value is -0.200. The maximum atomic E-state index is 3.93. The second-order valence-corrected chi connectivity index (χ2v) is 8.98. The van der Waals surface area contributed by atoms with Crippen LogP contribution in [0.5, 0.6) is 0 Å². The van der Waals surface area contributed by atoms with Gasteiger partial charge in [-0.05, 0) is 45.2 Å². The van der Waals surface area contributed by atoms with Crippen LogP contribution >= 0.6 is 0 Å². The summed E-state index contributed by atoms with van der Waals surface area (Å²) in [4.78, 5) is 0. The van der Waals surface area contributed by atoms with E-state index in [0.717, 1.165) is 39.3 Å². The summed E-state index contributed by atoms with van der Waals surface area (Å²) in [6.07, 6.45) is 16.4. The molecule has 2 saturated carbocycles. The van der Waals surface area contributed by atoms with E-state index in [4.69, 9.17) is 0 Å². The Kier molecular flexibility index (Phi) is 10.4. The Balaban J connectivity index is 1.54. The monoisotopic (exact) mass is 379 g/mol. The van der Waals surface area contributed by atoms with Gasteiger partial charge in [0.25, 0.3) is 0 Å². The standard InChI is InChI=1S/C22H45N5/c1-2-4-9-19-20(10-5-3-1)26-17-18-27-22-12-7-6-11-21(22)25-16-15-23-13-8-14-24-19/h19-27H,1-18H2. The Morgan fingerprint density at radius 1 is 0.333 bits per heavy atom.